The first-order valence-electron chi connectivity index (χ1n) is 9.82. The number of alkyl halides is 1. The summed E-state index contributed by atoms with van der Waals surface area (Å²) in [5.41, 5.74) is 4.75. The molecule has 0 amide bonds. The summed E-state index contributed by atoms with van der Waals surface area (Å²) >= 11 is 5.98. The Morgan fingerprint density at radius 3 is 2.42 bits per heavy atom. The molecule has 0 saturated heterocycles. The largest absolute Gasteiger partial charge is 0.479 e. The first-order chi connectivity index (χ1) is 14.8. The highest BCUT2D eigenvalue weighted by Crippen LogP contribution is 2.34. The van der Waals surface area contributed by atoms with Gasteiger partial charge in [0.1, 0.15) is 11.5 Å². The molecular formula is C25H21ClFNO3. The van der Waals surface area contributed by atoms with E-state index >= 15 is 0 Å². The molecule has 0 radical (unpaired) electrons. The molecule has 6 heteroatoms. The lowest BCUT2D eigenvalue weighted by molar-refractivity contribution is -0.143. The molecule has 0 bridgehead atoms. The first kappa shape index (κ1) is 20.9. The molecule has 4 rings (SSSR count). The predicted octanol–water partition coefficient (Wildman–Crippen LogP) is 6.92. The molecule has 1 unspecified atom stereocenters. The quantitative estimate of drug-likeness (QED) is 0.344. The van der Waals surface area contributed by atoms with Gasteiger partial charge in [0, 0.05) is 22.1 Å². The Balaban J connectivity index is 1.63. The molecule has 4 aromatic rings. The number of aromatic amines is 1. The minimum atomic E-state index is -2.06. The highest BCUT2D eigenvalue weighted by atomic mass is 35.5. The summed E-state index contributed by atoms with van der Waals surface area (Å²) in [5, 5.41) is 10.7. The van der Waals surface area contributed by atoms with Crippen LogP contribution in [0.3, 0.4) is 0 Å². The number of hydrogen-bond acceptors (Lipinski definition) is 2. The number of rotatable bonds is 6. The van der Waals surface area contributed by atoms with E-state index in [1.807, 2.05) is 48.7 Å². The lowest BCUT2D eigenvalue weighted by atomic mass is 10.0. The van der Waals surface area contributed by atoms with Gasteiger partial charge in [-0.15, -0.1) is 0 Å². The van der Waals surface area contributed by atoms with Gasteiger partial charge in [0.15, 0.2) is 0 Å². The lowest BCUT2D eigenvalue weighted by Crippen LogP contribution is -2.07. The molecule has 0 spiro atoms. The molecule has 0 saturated carbocycles. The van der Waals surface area contributed by atoms with Crippen LogP contribution in [0.25, 0.3) is 10.9 Å². The highest BCUT2D eigenvalue weighted by Gasteiger charge is 2.21. The summed E-state index contributed by atoms with van der Waals surface area (Å²) in [7, 11) is 0. The standard InChI is InChI=1S/C25H21ClFNO3/c1-14-9-17(23(27)25(29)30)10-15(2)24(14)31-20-7-8-22-21(12-20)18(13-28-22)11-16-3-5-19(26)6-4-16/h3-10,12-13,23,28H,11H2,1-2H3,(H,29,30). The van der Waals surface area contributed by atoms with Gasteiger partial charge in [0.05, 0.1) is 0 Å². The van der Waals surface area contributed by atoms with Crippen molar-refractivity contribution in [2.24, 2.45) is 0 Å². The first-order valence-corrected chi connectivity index (χ1v) is 10.2. The maximum absolute atomic E-state index is 13.9. The SMILES string of the molecule is Cc1cc(C(F)C(=O)O)cc(C)c1Oc1ccc2[nH]cc(Cc3ccc(Cl)cc3)c2c1. The van der Waals surface area contributed by atoms with Crippen LogP contribution < -0.4 is 4.74 Å². The summed E-state index contributed by atoms with van der Waals surface area (Å²) < 4.78 is 20.0. The fraction of sp³-hybridized carbons (Fsp3) is 0.160. The van der Waals surface area contributed by atoms with E-state index in [4.69, 9.17) is 21.4 Å². The number of hydrogen-bond donors (Lipinski definition) is 2. The molecule has 1 heterocycles. The van der Waals surface area contributed by atoms with Crippen molar-refractivity contribution in [2.45, 2.75) is 26.4 Å². The van der Waals surface area contributed by atoms with E-state index in [0.717, 1.165) is 28.5 Å². The Kier molecular flexibility index (Phi) is 5.70. The molecule has 2 N–H and O–H groups in total. The molecule has 1 aromatic heterocycles. The maximum atomic E-state index is 13.9. The molecule has 4 nitrogen and oxygen atoms in total. The average Bonchev–Trinajstić information content (AvgIpc) is 3.13. The zero-order chi connectivity index (χ0) is 22.1. The third-order valence-corrected chi connectivity index (χ3v) is 5.51. The fourth-order valence-electron chi connectivity index (χ4n) is 3.74. The summed E-state index contributed by atoms with van der Waals surface area (Å²) in [6.07, 6.45) is 0.681. The molecule has 0 aliphatic rings. The van der Waals surface area contributed by atoms with Gasteiger partial charge >= 0.3 is 5.97 Å². The van der Waals surface area contributed by atoms with Gasteiger partial charge in [0.2, 0.25) is 6.17 Å². The maximum Gasteiger partial charge on any atom is 0.343 e. The van der Waals surface area contributed by atoms with Crippen LogP contribution in [0.15, 0.2) is 60.8 Å². The van der Waals surface area contributed by atoms with Gasteiger partial charge < -0.3 is 14.8 Å². The van der Waals surface area contributed by atoms with Crippen molar-refractivity contribution in [3.8, 4) is 11.5 Å². The van der Waals surface area contributed by atoms with Crippen LogP contribution in [0.5, 0.6) is 11.5 Å². The van der Waals surface area contributed by atoms with E-state index in [1.165, 1.54) is 12.1 Å². The molecule has 0 fully saturated rings. The number of aryl methyl sites for hydroxylation is 2. The van der Waals surface area contributed by atoms with Crippen molar-refractivity contribution in [2.75, 3.05) is 0 Å². The van der Waals surface area contributed by atoms with E-state index in [9.17, 15) is 9.18 Å². The van der Waals surface area contributed by atoms with Gasteiger partial charge in [0.25, 0.3) is 0 Å². The minimum Gasteiger partial charge on any atom is -0.479 e. The van der Waals surface area contributed by atoms with Crippen LogP contribution in [-0.2, 0) is 11.2 Å². The fourth-order valence-corrected chi connectivity index (χ4v) is 3.87. The van der Waals surface area contributed by atoms with Crippen molar-refractivity contribution in [1.29, 1.82) is 0 Å². The van der Waals surface area contributed by atoms with E-state index in [-0.39, 0.29) is 5.56 Å². The van der Waals surface area contributed by atoms with E-state index in [1.54, 1.807) is 13.8 Å². The topological polar surface area (TPSA) is 62.3 Å². The third kappa shape index (κ3) is 4.42. The van der Waals surface area contributed by atoms with Crippen LogP contribution >= 0.6 is 11.6 Å². The molecular weight excluding hydrogens is 417 g/mol. The van der Waals surface area contributed by atoms with Crippen LogP contribution in [0.4, 0.5) is 4.39 Å². The number of aromatic nitrogens is 1. The van der Waals surface area contributed by atoms with Crippen molar-refractivity contribution in [3.63, 3.8) is 0 Å². The Labute approximate surface area is 184 Å². The number of carboxylic acids is 1. The summed E-state index contributed by atoms with van der Waals surface area (Å²) in [6, 6.07) is 16.6. The van der Waals surface area contributed by atoms with Crippen LogP contribution in [0, 0.1) is 13.8 Å². The number of ether oxygens (including phenoxy) is 1. The van der Waals surface area contributed by atoms with Crippen LogP contribution in [0.2, 0.25) is 5.02 Å². The normalized spacial score (nSPS) is 12.1. The lowest BCUT2D eigenvalue weighted by Gasteiger charge is -2.15. The third-order valence-electron chi connectivity index (χ3n) is 5.26. The number of aliphatic carboxylic acids is 1. The Hall–Kier alpha value is -3.31. The monoisotopic (exact) mass is 437 g/mol. The second-order valence-electron chi connectivity index (χ2n) is 7.61. The molecule has 1 atom stereocenters. The van der Waals surface area contributed by atoms with Gasteiger partial charge in [-0.05, 0) is 90.6 Å². The van der Waals surface area contributed by atoms with E-state index in [0.29, 0.717) is 27.6 Å². The van der Waals surface area contributed by atoms with Crippen molar-refractivity contribution in [3.05, 3.63) is 93.6 Å². The summed E-state index contributed by atoms with van der Waals surface area (Å²) in [6.45, 7) is 3.56. The van der Waals surface area contributed by atoms with Crippen molar-refractivity contribution in [1.82, 2.24) is 4.98 Å². The van der Waals surface area contributed by atoms with E-state index in [2.05, 4.69) is 4.98 Å². The van der Waals surface area contributed by atoms with Gasteiger partial charge in [-0.3, -0.25) is 0 Å². The Morgan fingerprint density at radius 1 is 1.10 bits per heavy atom. The summed E-state index contributed by atoms with van der Waals surface area (Å²) in [5.74, 6) is -0.257. The highest BCUT2D eigenvalue weighted by molar-refractivity contribution is 6.30. The van der Waals surface area contributed by atoms with Gasteiger partial charge in [-0.1, -0.05) is 23.7 Å². The molecule has 31 heavy (non-hydrogen) atoms. The molecule has 0 aliphatic heterocycles. The minimum absolute atomic E-state index is 0.112. The number of carbonyl (C=O) groups is 1. The number of benzene rings is 3. The van der Waals surface area contributed by atoms with Gasteiger partial charge in [-0.25, -0.2) is 9.18 Å². The Bertz CT molecular complexity index is 1240. The van der Waals surface area contributed by atoms with Crippen LogP contribution in [0.1, 0.15) is 34.0 Å². The second-order valence-corrected chi connectivity index (χ2v) is 8.05. The zero-order valence-corrected chi connectivity index (χ0v) is 17.8. The number of fused-ring (bicyclic) bond motifs is 1. The van der Waals surface area contributed by atoms with Crippen molar-refractivity contribution < 1.29 is 19.0 Å². The summed E-state index contributed by atoms with van der Waals surface area (Å²) in [4.78, 5) is 14.2. The van der Waals surface area contributed by atoms with Crippen LogP contribution in [-0.4, -0.2) is 16.1 Å². The van der Waals surface area contributed by atoms with Crippen molar-refractivity contribution >= 4 is 28.5 Å². The molecule has 3 aromatic carbocycles. The van der Waals surface area contributed by atoms with E-state index < -0.39 is 12.1 Å². The smallest absolute Gasteiger partial charge is 0.343 e. The average molecular weight is 438 g/mol. The number of nitrogens with one attached hydrogen (secondary N) is 1. The Morgan fingerprint density at radius 2 is 1.77 bits per heavy atom. The predicted molar refractivity (Wildman–Crippen MR) is 120 cm³/mol. The number of carboxylic acid groups (broad SMARTS) is 1. The molecule has 158 valence electrons. The second kappa shape index (κ2) is 8.44. The number of H-pyrrole nitrogens is 1. The zero-order valence-electron chi connectivity index (χ0n) is 17.1. The number of halogens is 2. The molecule has 0 aliphatic carbocycles. The van der Waals surface area contributed by atoms with Gasteiger partial charge in [-0.2, -0.15) is 0 Å².